The zero-order chi connectivity index (χ0) is 12.1. The fourth-order valence-corrected chi connectivity index (χ4v) is 2.02. The molecule has 0 aliphatic carbocycles. The number of aromatic nitrogens is 1. The fourth-order valence-electron chi connectivity index (χ4n) is 1.58. The van der Waals surface area contributed by atoms with Gasteiger partial charge in [0.1, 0.15) is 5.82 Å². The van der Waals surface area contributed by atoms with E-state index in [2.05, 4.69) is 31.1 Å². The maximum Gasteiger partial charge on any atom is 0.145 e. The molecule has 0 saturated carbocycles. The molecule has 90 valence electrons. The molecule has 1 N–H and O–H groups in total. The molecule has 2 nitrogen and oxygen atoms in total. The van der Waals surface area contributed by atoms with Crippen LogP contribution in [0.5, 0.6) is 0 Å². The summed E-state index contributed by atoms with van der Waals surface area (Å²) in [5.41, 5.74) is 0. The lowest BCUT2D eigenvalue weighted by molar-refractivity contribution is 0.483. The molecule has 0 radical (unpaired) electrons. The Bertz CT molecular complexity index is 342. The summed E-state index contributed by atoms with van der Waals surface area (Å²) in [4.78, 5) is 4.18. The Morgan fingerprint density at radius 1 is 1.38 bits per heavy atom. The molecule has 1 aromatic rings. The quantitative estimate of drug-likeness (QED) is 0.836. The fraction of sp³-hybridized carbons (Fsp3) is 0.583. The summed E-state index contributed by atoms with van der Waals surface area (Å²) in [7, 11) is 0. The van der Waals surface area contributed by atoms with E-state index in [1.807, 2.05) is 0 Å². The first-order valence-corrected chi connectivity index (χ1v) is 6.36. The average molecular weight is 261 g/mol. The second-order valence-electron chi connectivity index (χ2n) is 4.28. The zero-order valence-electron chi connectivity index (χ0n) is 9.93. The maximum absolute atomic E-state index is 6.03. The van der Waals surface area contributed by atoms with Gasteiger partial charge in [-0.25, -0.2) is 4.98 Å². The Hall–Kier alpha value is -0.470. The van der Waals surface area contributed by atoms with Crippen LogP contribution in [0.25, 0.3) is 0 Å². The van der Waals surface area contributed by atoms with Crippen molar-refractivity contribution < 1.29 is 0 Å². The summed E-state index contributed by atoms with van der Waals surface area (Å²) in [5, 5.41) is 4.43. The van der Waals surface area contributed by atoms with Crippen LogP contribution >= 0.6 is 23.2 Å². The van der Waals surface area contributed by atoms with Gasteiger partial charge in [-0.3, -0.25) is 0 Å². The van der Waals surface area contributed by atoms with Crippen LogP contribution in [0.2, 0.25) is 10.0 Å². The third-order valence-corrected chi connectivity index (χ3v) is 3.14. The number of rotatable bonds is 5. The Morgan fingerprint density at radius 2 is 2.06 bits per heavy atom. The molecule has 0 fully saturated rings. The molecule has 16 heavy (non-hydrogen) atoms. The lowest BCUT2D eigenvalue weighted by Crippen LogP contribution is -2.19. The van der Waals surface area contributed by atoms with E-state index < -0.39 is 0 Å². The van der Waals surface area contributed by atoms with Crippen molar-refractivity contribution in [2.24, 2.45) is 5.92 Å². The Labute approximate surface area is 107 Å². The molecule has 0 aromatic carbocycles. The summed E-state index contributed by atoms with van der Waals surface area (Å²) < 4.78 is 0. The van der Waals surface area contributed by atoms with E-state index in [9.17, 15) is 0 Å². The molecule has 0 spiro atoms. The van der Waals surface area contributed by atoms with Crippen molar-refractivity contribution in [2.45, 2.75) is 39.7 Å². The van der Waals surface area contributed by atoms with Gasteiger partial charge in [-0.05, 0) is 25.3 Å². The molecule has 0 aliphatic rings. The summed E-state index contributed by atoms with van der Waals surface area (Å²) in [6.45, 7) is 6.58. The van der Waals surface area contributed by atoms with Crippen LogP contribution in [-0.2, 0) is 0 Å². The van der Waals surface area contributed by atoms with Gasteiger partial charge in [0.05, 0.1) is 10.0 Å². The minimum absolute atomic E-state index is 0.362. The van der Waals surface area contributed by atoms with E-state index in [0.717, 1.165) is 6.42 Å². The number of pyridine rings is 1. The second-order valence-corrected chi connectivity index (χ2v) is 5.12. The van der Waals surface area contributed by atoms with E-state index in [-0.39, 0.29) is 0 Å². The highest BCUT2D eigenvalue weighted by atomic mass is 35.5. The predicted molar refractivity (Wildman–Crippen MR) is 71.4 cm³/mol. The Kier molecular flexibility index (Phi) is 5.36. The van der Waals surface area contributed by atoms with Crippen molar-refractivity contribution in [1.82, 2.24) is 4.98 Å². The van der Waals surface area contributed by atoms with Gasteiger partial charge >= 0.3 is 0 Å². The van der Waals surface area contributed by atoms with Crippen molar-refractivity contribution in [3.05, 3.63) is 22.3 Å². The predicted octanol–water partition coefficient (Wildman–Crippen LogP) is 4.63. The zero-order valence-corrected chi connectivity index (χ0v) is 11.4. The topological polar surface area (TPSA) is 24.9 Å². The van der Waals surface area contributed by atoms with E-state index >= 15 is 0 Å². The van der Waals surface area contributed by atoms with Gasteiger partial charge in [-0.1, -0.05) is 43.5 Å². The van der Waals surface area contributed by atoms with Gasteiger partial charge in [0.2, 0.25) is 0 Å². The van der Waals surface area contributed by atoms with Crippen LogP contribution in [0.3, 0.4) is 0 Å². The molecular weight excluding hydrogens is 243 g/mol. The van der Waals surface area contributed by atoms with Crippen LogP contribution in [0.1, 0.15) is 33.6 Å². The summed E-state index contributed by atoms with van der Waals surface area (Å²) in [6.07, 6.45) is 3.90. The van der Waals surface area contributed by atoms with Crippen molar-refractivity contribution >= 4 is 29.0 Å². The maximum atomic E-state index is 6.03. The SMILES string of the molecule is CCC(C)CC(C)Nc1ncc(Cl)cc1Cl. The van der Waals surface area contributed by atoms with Crippen molar-refractivity contribution in [1.29, 1.82) is 0 Å². The van der Waals surface area contributed by atoms with E-state index in [1.54, 1.807) is 12.3 Å². The van der Waals surface area contributed by atoms with Gasteiger partial charge in [0, 0.05) is 12.2 Å². The van der Waals surface area contributed by atoms with Gasteiger partial charge in [-0.2, -0.15) is 0 Å². The molecule has 2 atom stereocenters. The largest absolute Gasteiger partial charge is 0.366 e. The van der Waals surface area contributed by atoms with Crippen LogP contribution in [0.15, 0.2) is 12.3 Å². The minimum atomic E-state index is 0.362. The third kappa shape index (κ3) is 4.18. The number of anilines is 1. The van der Waals surface area contributed by atoms with Crippen molar-refractivity contribution in [2.75, 3.05) is 5.32 Å². The first-order chi connectivity index (χ1) is 7.52. The molecule has 1 aromatic heterocycles. The molecule has 1 rings (SSSR count). The van der Waals surface area contributed by atoms with E-state index in [1.165, 1.54) is 6.42 Å². The third-order valence-electron chi connectivity index (χ3n) is 2.64. The lowest BCUT2D eigenvalue weighted by Gasteiger charge is -2.18. The van der Waals surface area contributed by atoms with Crippen LogP contribution in [0, 0.1) is 5.92 Å². The molecule has 0 aliphatic heterocycles. The summed E-state index contributed by atoms with van der Waals surface area (Å²) in [5.74, 6) is 1.41. The van der Waals surface area contributed by atoms with Crippen LogP contribution in [0.4, 0.5) is 5.82 Å². The highest BCUT2D eigenvalue weighted by Crippen LogP contribution is 2.24. The van der Waals surface area contributed by atoms with Crippen molar-refractivity contribution in [3.63, 3.8) is 0 Å². The van der Waals surface area contributed by atoms with E-state index in [4.69, 9.17) is 23.2 Å². The van der Waals surface area contributed by atoms with E-state index in [0.29, 0.717) is 27.8 Å². The summed E-state index contributed by atoms with van der Waals surface area (Å²) in [6, 6.07) is 2.06. The van der Waals surface area contributed by atoms with Crippen LogP contribution < -0.4 is 5.32 Å². The number of hydrogen-bond acceptors (Lipinski definition) is 2. The Morgan fingerprint density at radius 3 is 2.62 bits per heavy atom. The lowest BCUT2D eigenvalue weighted by atomic mass is 10.0. The molecule has 4 heteroatoms. The van der Waals surface area contributed by atoms with Gasteiger partial charge < -0.3 is 5.32 Å². The number of hydrogen-bond donors (Lipinski definition) is 1. The molecule has 1 heterocycles. The standard InChI is InChI=1S/C12H18Cl2N2/c1-4-8(2)5-9(3)16-12-11(14)6-10(13)7-15-12/h6-9H,4-5H2,1-3H3,(H,15,16). The second kappa shape index (κ2) is 6.31. The number of nitrogens with zero attached hydrogens (tertiary/aromatic N) is 1. The highest BCUT2D eigenvalue weighted by molar-refractivity contribution is 6.35. The highest BCUT2D eigenvalue weighted by Gasteiger charge is 2.10. The first kappa shape index (κ1) is 13.6. The van der Waals surface area contributed by atoms with Gasteiger partial charge in [0.15, 0.2) is 0 Å². The molecule has 0 bridgehead atoms. The smallest absolute Gasteiger partial charge is 0.145 e. The Balaban J connectivity index is 2.59. The first-order valence-electron chi connectivity index (χ1n) is 5.60. The normalized spacial score (nSPS) is 14.6. The van der Waals surface area contributed by atoms with Gasteiger partial charge in [0.25, 0.3) is 0 Å². The van der Waals surface area contributed by atoms with Crippen LogP contribution in [-0.4, -0.2) is 11.0 Å². The van der Waals surface area contributed by atoms with Crippen molar-refractivity contribution in [3.8, 4) is 0 Å². The summed E-state index contributed by atoms with van der Waals surface area (Å²) >= 11 is 11.8. The van der Waals surface area contributed by atoms with Gasteiger partial charge in [-0.15, -0.1) is 0 Å². The molecular formula is C12H18Cl2N2. The monoisotopic (exact) mass is 260 g/mol. The average Bonchev–Trinajstić information content (AvgIpc) is 2.22. The number of halogens is 2. The molecule has 0 amide bonds. The number of nitrogens with one attached hydrogen (secondary N) is 1. The molecule has 0 saturated heterocycles. The molecule has 2 unspecified atom stereocenters. The minimum Gasteiger partial charge on any atom is -0.366 e.